The van der Waals surface area contributed by atoms with Gasteiger partial charge in [-0.25, -0.2) is 4.90 Å². The van der Waals surface area contributed by atoms with Crippen molar-refractivity contribution in [3.05, 3.63) is 88.5 Å². The molecule has 0 aliphatic carbocycles. The lowest BCUT2D eigenvalue weighted by Crippen LogP contribution is -2.50. The number of benzene rings is 3. The molecule has 202 valence electrons. The maximum Gasteiger partial charge on any atom is 0.269 e. The summed E-state index contributed by atoms with van der Waals surface area (Å²) < 4.78 is 10.7. The standard InChI is InChI=1S/C29H24N4O7/c1-39-19-12-14-23(40-2)20(15-19)30-27(34)26-25-24(22-13-7-16-5-3-4-6-21(16)32(22)26)28(35)31(29(25)36)17-8-10-18(11-9-17)33(37)38/h3-15,22,24-26H,1-2H3,(H,30,34)/t22-,24+,25+,26-/m0/s1. The zero-order valence-corrected chi connectivity index (χ0v) is 21.5. The highest BCUT2D eigenvalue weighted by Gasteiger charge is 2.64. The summed E-state index contributed by atoms with van der Waals surface area (Å²) in [6, 6.07) is 16.1. The first-order chi connectivity index (χ1) is 19.3. The average Bonchev–Trinajstić information content (AvgIpc) is 3.45. The molecule has 3 aliphatic rings. The van der Waals surface area contributed by atoms with Crippen LogP contribution >= 0.6 is 0 Å². The molecule has 2 saturated heterocycles. The van der Waals surface area contributed by atoms with E-state index in [1.807, 2.05) is 41.3 Å². The number of nitro groups is 1. The number of hydrogen-bond acceptors (Lipinski definition) is 8. The largest absolute Gasteiger partial charge is 0.497 e. The maximum absolute atomic E-state index is 14.1. The van der Waals surface area contributed by atoms with Crippen LogP contribution in [0, 0.1) is 22.0 Å². The first kappa shape index (κ1) is 25.1. The third-order valence-electron chi connectivity index (χ3n) is 7.67. The van der Waals surface area contributed by atoms with Gasteiger partial charge in [0.05, 0.1) is 48.4 Å². The fraction of sp³-hybridized carbons (Fsp3) is 0.207. The molecule has 0 saturated carbocycles. The Balaban J connectivity index is 1.42. The zero-order chi connectivity index (χ0) is 28.1. The van der Waals surface area contributed by atoms with Crippen molar-refractivity contribution >= 4 is 46.5 Å². The highest BCUT2D eigenvalue weighted by molar-refractivity contribution is 6.25. The maximum atomic E-state index is 14.1. The second kappa shape index (κ2) is 9.53. The molecule has 3 aliphatic heterocycles. The van der Waals surface area contributed by atoms with Gasteiger partial charge in [-0.1, -0.05) is 30.4 Å². The van der Waals surface area contributed by atoms with Crippen molar-refractivity contribution in [2.45, 2.75) is 12.1 Å². The Bertz CT molecular complexity index is 1590. The van der Waals surface area contributed by atoms with E-state index < -0.39 is 46.6 Å². The van der Waals surface area contributed by atoms with E-state index in [0.717, 1.165) is 16.2 Å². The van der Waals surface area contributed by atoms with E-state index in [2.05, 4.69) is 5.32 Å². The Hall–Kier alpha value is -5.19. The first-order valence-corrected chi connectivity index (χ1v) is 12.5. The lowest BCUT2D eigenvalue weighted by atomic mass is 9.88. The number of hydrogen-bond donors (Lipinski definition) is 1. The number of fused-ring (bicyclic) bond motifs is 5. The normalized spacial score (nSPS) is 22.4. The minimum absolute atomic E-state index is 0.162. The van der Waals surface area contributed by atoms with Crippen molar-refractivity contribution in [1.82, 2.24) is 0 Å². The van der Waals surface area contributed by atoms with E-state index in [-0.39, 0.29) is 11.4 Å². The summed E-state index contributed by atoms with van der Waals surface area (Å²) in [5, 5.41) is 14.0. The predicted octanol–water partition coefficient (Wildman–Crippen LogP) is 3.64. The van der Waals surface area contributed by atoms with Crippen molar-refractivity contribution in [3.8, 4) is 11.5 Å². The van der Waals surface area contributed by atoms with Crippen LogP contribution in [0.3, 0.4) is 0 Å². The average molecular weight is 541 g/mol. The number of imide groups is 1. The van der Waals surface area contributed by atoms with Gasteiger partial charge in [0.1, 0.15) is 17.5 Å². The highest BCUT2D eigenvalue weighted by Crippen LogP contribution is 2.49. The van der Waals surface area contributed by atoms with Crippen LogP contribution in [0.2, 0.25) is 0 Å². The van der Waals surface area contributed by atoms with Gasteiger partial charge < -0.3 is 19.7 Å². The fourth-order valence-electron chi connectivity index (χ4n) is 5.91. The molecule has 0 radical (unpaired) electrons. The van der Waals surface area contributed by atoms with Crippen LogP contribution in [-0.4, -0.2) is 48.9 Å². The van der Waals surface area contributed by atoms with Gasteiger partial charge in [0.15, 0.2) is 0 Å². The van der Waals surface area contributed by atoms with Crippen molar-refractivity contribution in [3.63, 3.8) is 0 Å². The van der Waals surface area contributed by atoms with E-state index >= 15 is 0 Å². The van der Waals surface area contributed by atoms with Crippen LogP contribution in [0.1, 0.15) is 5.56 Å². The van der Waals surface area contributed by atoms with Crippen molar-refractivity contribution < 1.29 is 28.8 Å². The van der Waals surface area contributed by atoms with Crippen molar-refractivity contribution in [2.75, 3.05) is 29.3 Å². The number of amides is 3. The van der Waals surface area contributed by atoms with Gasteiger partial charge in [0, 0.05) is 23.9 Å². The topological polar surface area (TPSA) is 131 Å². The van der Waals surface area contributed by atoms with E-state index in [0.29, 0.717) is 17.2 Å². The Kier molecular flexibility index (Phi) is 5.98. The lowest BCUT2D eigenvalue weighted by molar-refractivity contribution is -0.384. The summed E-state index contributed by atoms with van der Waals surface area (Å²) in [5.41, 5.74) is 2.02. The number of methoxy groups -OCH3 is 2. The summed E-state index contributed by atoms with van der Waals surface area (Å²) in [6.45, 7) is 0. The number of nitrogens with one attached hydrogen (secondary N) is 1. The van der Waals surface area contributed by atoms with Gasteiger partial charge >= 0.3 is 0 Å². The first-order valence-electron chi connectivity index (χ1n) is 12.5. The molecule has 1 N–H and O–H groups in total. The van der Waals surface area contributed by atoms with Crippen LogP contribution in [-0.2, 0) is 14.4 Å². The number of nitro benzene ring substituents is 1. The van der Waals surface area contributed by atoms with Crippen LogP contribution in [0.15, 0.2) is 72.8 Å². The highest BCUT2D eigenvalue weighted by atomic mass is 16.6. The summed E-state index contributed by atoms with van der Waals surface area (Å²) >= 11 is 0. The molecule has 0 bridgehead atoms. The number of anilines is 3. The third kappa shape index (κ3) is 3.77. The SMILES string of the molecule is COc1ccc(OC)c(NC(=O)[C@@H]2[C@@H]3C(=O)N(c4ccc([N+](=O)[O-])cc4)C(=O)[C@@H]3[C@@H]3C=Cc4ccccc4N23)c1. The van der Waals surface area contributed by atoms with E-state index in [9.17, 15) is 24.5 Å². The molecule has 3 heterocycles. The van der Waals surface area contributed by atoms with Gasteiger partial charge in [-0.2, -0.15) is 0 Å². The van der Waals surface area contributed by atoms with Crippen LogP contribution in [0.25, 0.3) is 6.08 Å². The third-order valence-corrected chi connectivity index (χ3v) is 7.67. The van der Waals surface area contributed by atoms with Crippen LogP contribution in [0.5, 0.6) is 11.5 Å². The smallest absolute Gasteiger partial charge is 0.269 e. The molecular formula is C29H24N4O7. The number of non-ortho nitro benzene ring substituents is 1. The monoisotopic (exact) mass is 540 g/mol. The Morgan fingerprint density at radius 1 is 0.950 bits per heavy atom. The quantitative estimate of drug-likeness (QED) is 0.285. The molecule has 4 atom stereocenters. The summed E-state index contributed by atoms with van der Waals surface area (Å²) in [6.07, 6.45) is 3.75. The van der Waals surface area contributed by atoms with E-state index in [1.165, 1.54) is 38.5 Å². The van der Waals surface area contributed by atoms with Gasteiger partial charge in [-0.3, -0.25) is 24.5 Å². The summed E-state index contributed by atoms with van der Waals surface area (Å²) in [4.78, 5) is 55.3. The molecular weight excluding hydrogens is 516 g/mol. The second-order valence-corrected chi connectivity index (χ2v) is 9.65. The number of nitrogens with zero attached hydrogens (tertiary/aromatic N) is 3. The Labute approximate surface area is 228 Å². The van der Waals surface area contributed by atoms with Gasteiger partial charge in [0.2, 0.25) is 17.7 Å². The lowest BCUT2D eigenvalue weighted by Gasteiger charge is -2.36. The van der Waals surface area contributed by atoms with Gasteiger partial charge in [0.25, 0.3) is 5.69 Å². The molecule has 3 amide bonds. The summed E-state index contributed by atoms with van der Waals surface area (Å²) in [5.74, 6) is -2.42. The molecule has 11 nitrogen and oxygen atoms in total. The number of carbonyl (C=O) groups is 3. The second-order valence-electron chi connectivity index (χ2n) is 9.65. The molecule has 0 spiro atoms. The van der Waals surface area contributed by atoms with Gasteiger partial charge in [-0.15, -0.1) is 0 Å². The zero-order valence-electron chi connectivity index (χ0n) is 21.5. The summed E-state index contributed by atoms with van der Waals surface area (Å²) in [7, 11) is 2.98. The Morgan fingerprint density at radius 3 is 2.38 bits per heavy atom. The predicted molar refractivity (Wildman–Crippen MR) is 146 cm³/mol. The number of rotatable bonds is 6. The Morgan fingerprint density at radius 2 is 1.68 bits per heavy atom. The fourth-order valence-corrected chi connectivity index (χ4v) is 5.91. The molecule has 0 aromatic heterocycles. The molecule has 2 fully saturated rings. The van der Waals surface area contributed by atoms with Crippen molar-refractivity contribution in [1.29, 1.82) is 0 Å². The number of carbonyl (C=O) groups excluding carboxylic acids is 3. The number of para-hydroxylation sites is 1. The minimum Gasteiger partial charge on any atom is -0.497 e. The number of ether oxygens (including phenoxy) is 2. The molecule has 3 aromatic rings. The minimum atomic E-state index is -1.03. The molecule has 11 heteroatoms. The van der Waals surface area contributed by atoms with Crippen LogP contribution < -0.4 is 24.6 Å². The van der Waals surface area contributed by atoms with E-state index in [4.69, 9.17) is 9.47 Å². The molecule has 0 unspecified atom stereocenters. The van der Waals surface area contributed by atoms with E-state index in [1.54, 1.807) is 18.2 Å². The van der Waals surface area contributed by atoms with Crippen LogP contribution in [0.4, 0.5) is 22.7 Å². The van der Waals surface area contributed by atoms with Crippen molar-refractivity contribution in [2.24, 2.45) is 11.8 Å². The molecule has 40 heavy (non-hydrogen) atoms. The molecule has 3 aromatic carbocycles. The molecule has 6 rings (SSSR count). The van der Waals surface area contributed by atoms with Gasteiger partial charge in [-0.05, 0) is 35.9 Å².